The van der Waals surface area contributed by atoms with Crippen LogP contribution in [0.4, 0.5) is 4.79 Å². The van der Waals surface area contributed by atoms with Gasteiger partial charge in [-0.1, -0.05) is 12.1 Å². The zero-order valence-corrected chi connectivity index (χ0v) is 12.6. The largest absolute Gasteiger partial charge is 0.478 e. The summed E-state index contributed by atoms with van der Waals surface area (Å²) in [6.45, 7) is 5.29. The van der Waals surface area contributed by atoms with Gasteiger partial charge >= 0.3 is 12.0 Å². The molecule has 0 aliphatic carbocycles. The third-order valence-electron chi connectivity index (χ3n) is 3.19. The second-order valence-corrected chi connectivity index (χ2v) is 4.75. The molecule has 0 aliphatic rings. The number of urea groups is 1. The highest BCUT2D eigenvalue weighted by Gasteiger charge is 2.14. The van der Waals surface area contributed by atoms with E-state index in [2.05, 4.69) is 5.32 Å². The Bertz CT molecular complexity index is 473. The van der Waals surface area contributed by atoms with Crippen molar-refractivity contribution in [3.8, 4) is 0 Å². The van der Waals surface area contributed by atoms with E-state index >= 15 is 0 Å². The Morgan fingerprint density at radius 1 is 1.33 bits per heavy atom. The number of carboxylic acid groups (broad SMARTS) is 1. The minimum Gasteiger partial charge on any atom is -0.478 e. The molecule has 1 aromatic carbocycles. The average Bonchev–Trinajstić information content (AvgIpc) is 2.50. The van der Waals surface area contributed by atoms with Gasteiger partial charge in [-0.3, -0.25) is 0 Å². The number of hydrogen-bond acceptors (Lipinski definition) is 3. The Morgan fingerprint density at radius 3 is 2.43 bits per heavy atom. The number of carboxylic acids is 1. The maximum absolute atomic E-state index is 12.0. The van der Waals surface area contributed by atoms with Crippen LogP contribution in [0.3, 0.4) is 0 Å². The predicted molar refractivity (Wildman–Crippen MR) is 79.4 cm³/mol. The molecule has 1 unspecified atom stereocenters. The van der Waals surface area contributed by atoms with Gasteiger partial charge in [0.2, 0.25) is 0 Å². The summed E-state index contributed by atoms with van der Waals surface area (Å²) < 4.78 is 5.15. The van der Waals surface area contributed by atoms with Gasteiger partial charge in [0.25, 0.3) is 0 Å². The van der Waals surface area contributed by atoms with Crippen LogP contribution in [0, 0.1) is 0 Å². The van der Waals surface area contributed by atoms with E-state index in [1.807, 2.05) is 13.8 Å². The van der Waals surface area contributed by atoms with E-state index in [0.717, 1.165) is 5.56 Å². The van der Waals surface area contributed by atoms with Crippen LogP contribution in [0.15, 0.2) is 24.3 Å². The molecular formula is C15H22N2O4. The van der Waals surface area contributed by atoms with Crippen molar-refractivity contribution in [3.05, 3.63) is 35.4 Å². The van der Waals surface area contributed by atoms with E-state index in [1.54, 1.807) is 24.1 Å². The van der Waals surface area contributed by atoms with E-state index < -0.39 is 5.97 Å². The molecule has 1 atom stereocenters. The molecule has 2 N–H and O–H groups in total. The number of nitrogens with zero attached hydrogens (tertiary/aromatic N) is 1. The fraction of sp³-hybridized carbons (Fsp3) is 0.467. The smallest absolute Gasteiger partial charge is 0.335 e. The van der Waals surface area contributed by atoms with Gasteiger partial charge in [-0.25, -0.2) is 9.59 Å². The number of carbonyl (C=O) groups is 2. The van der Waals surface area contributed by atoms with Gasteiger partial charge in [0.1, 0.15) is 0 Å². The van der Waals surface area contributed by atoms with E-state index in [4.69, 9.17) is 9.84 Å². The molecule has 0 fully saturated rings. The lowest BCUT2D eigenvalue weighted by Crippen LogP contribution is -2.43. The number of amides is 2. The summed E-state index contributed by atoms with van der Waals surface area (Å²) in [6, 6.07) is 6.27. The summed E-state index contributed by atoms with van der Waals surface area (Å²) in [5.41, 5.74) is 1.08. The van der Waals surface area contributed by atoms with E-state index in [-0.39, 0.29) is 17.7 Å². The third kappa shape index (κ3) is 5.43. The van der Waals surface area contributed by atoms with Crippen molar-refractivity contribution in [2.75, 3.05) is 20.2 Å². The van der Waals surface area contributed by atoms with E-state index in [9.17, 15) is 9.59 Å². The van der Waals surface area contributed by atoms with Gasteiger partial charge in [0.05, 0.1) is 11.7 Å². The van der Waals surface area contributed by atoms with Crippen molar-refractivity contribution >= 4 is 12.0 Å². The summed E-state index contributed by atoms with van der Waals surface area (Å²) in [6.07, 6.45) is -0.0226. The molecular weight excluding hydrogens is 272 g/mol. The Hall–Kier alpha value is -2.08. The topological polar surface area (TPSA) is 78.9 Å². The quantitative estimate of drug-likeness (QED) is 0.805. The molecule has 0 saturated heterocycles. The molecule has 21 heavy (non-hydrogen) atoms. The average molecular weight is 294 g/mol. The molecule has 1 rings (SSSR count). The van der Waals surface area contributed by atoms with Gasteiger partial charge in [-0.05, 0) is 31.5 Å². The highest BCUT2D eigenvalue weighted by Crippen LogP contribution is 2.05. The Balaban J connectivity index is 2.52. The molecule has 0 aliphatic heterocycles. The van der Waals surface area contributed by atoms with Crippen molar-refractivity contribution < 1.29 is 19.4 Å². The predicted octanol–water partition coefficient (Wildman–Crippen LogP) is 1.95. The van der Waals surface area contributed by atoms with Crippen molar-refractivity contribution in [2.45, 2.75) is 26.5 Å². The molecule has 0 heterocycles. The first kappa shape index (κ1) is 17.0. The molecule has 116 valence electrons. The van der Waals surface area contributed by atoms with Crippen LogP contribution in [-0.4, -0.2) is 48.3 Å². The number of nitrogens with one attached hydrogen (secondary N) is 1. The van der Waals surface area contributed by atoms with E-state index in [0.29, 0.717) is 19.6 Å². The lowest BCUT2D eigenvalue weighted by atomic mass is 10.1. The Labute approximate surface area is 124 Å². The maximum atomic E-state index is 12.0. The van der Waals surface area contributed by atoms with Crippen LogP contribution in [0.1, 0.15) is 29.8 Å². The van der Waals surface area contributed by atoms with Crippen LogP contribution < -0.4 is 5.32 Å². The van der Waals surface area contributed by atoms with Crippen molar-refractivity contribution in [2.24, 2.45) is 0 Å². The maximum Gasteiger partial charge on any atom is 0.335 e. The molecule has 0 radical (unpaired) electrons. The molecule has 1 aromatic rings. The first-order valence-corrected chi connectivity index (χ1v) is 6.85. The summed E-state index contributed by atoms with van der Waals surface area (Å²) in [5.74, 6) is -0.962. The summed E-state index contributed by atoms with van der Waals surface area (Å²) in [7, 11) is 1.61. The van der Waals surface area contributed by atoms with Crippen LogP contribution in [0.5, 0.6) is 0 Å². The lowest BCUT2D eigenvalue weighted by molar-refractivity contribution is 0.0697. The summed E-state index contributed by atoms with van der Waals surface area (Å²) in [5, 5.41) is 11.6. The number of benzene rings is 1. The first-order chi connectivity index (χ1) is 9.97. The van der Waals surface area contributed by atoms with Crippen LogP contribution >= 0.6 is 0 Å². The molecule has 2 amide bonds. The van der Waals surface area contributed by atoms with Gasteiger partial charge in [0, 0.05) is 26.7 Å². The van der Waals surface area contributed by atoms with Gasteiger partial charge in [0.15, 0.2) is 0 Å². The molecule has 0 aromatic heterocycles. The minimum absolute atomic E-state index is 0.0226. The van der Waals surface area contributed by atoms with Crippen molar-refractivity contribution in [1.82, 2.24) is 10.2 Å². The molecule has 0 bridgehead atoms. The molecule has 0 saturated carbocycles. The Kier molecular flexibility index (Phi) is 6.68. The summed E-state index contributed by atoms with van der Waals surface area (Å²) in [4.78, 5) is 24.5. The van der Waals surface area contributed by atoms with Crippen molar-refractivity contribution in [3.63, 3.8) is 0 Å². The number of rotatable bonds is 7. The second kappa shape index (κ2) is 8.26. The number of carbonyl (C=O) groups excluding carboxylic acids is 1. The lowest BCUT2D eigenvalue weighted by Gasteiger charge is -2.24. The number of likely N-dealkylation sites (N-methyl/N-ethyl adjacent to an activating group) is 1. The number of ether oxygens (including phenoxy) is 1. The number of aromatic carboxylic acids is 1. The standard InChI is InChI=1S/C15H22N2O4/c1-4-17(10-11(2)21-3)15(20)16-9-12-5-7-13(8-6-12)14(18)19/h5-8,11H,4,9-10H2,1-3H3,(H,16,20)(H,18,19). The molecule has 6 heteroatoms. The third-order valence-corrected chi connectivity index (χ3v) is 3.19. The highest BCUT2D eigenvalue weighted by molar-refractivity contribution is 5.87. The zero-order valence-electron chi connectivity index (χ0n) is 12.6. The minimum atomic E-state index is -0.962. The zero-order chi connectivity index (χ0) is 15.8. The highest BCUT2D eigenvalue weighted by atomic mass is 16.5. The molecule has 0 spiro atoms. The van der Waals surface area contributed by atoms with Crippen molar-refractivity contribution in [1.29, 1.82) is 0 Å². The van der Waals surface area contributed by atoms with Crippen LogP contribution in [-0.2, 0) is 11.3 Å². The fourth-order valence-electron chi connectivity index (χ4n) is 1.80. The van der Waals surface area contributed by atoms with Crippen LogP contribution in [0.25, 0.3) is 0 Å². The Morgan fingerprint density at radius 2 is 1.95 bits per heavy atom. The number of methoxy groups -OCH3 is 1. The first-order valence-electron chi connectivity index (χ1n) is 6.85. The van der Waals surface area contributed by atoms with Crippen LogP contribution in [0.2, 0.25) is 0 Å². The molecule has 6 nitrogen and oxygen atoms in total. The van der Waals surface area contributed by atoms with E-state index in [1.165, 1.54) is 12.1 Å². The summed E-state index contributed by atoms with van der Waals surface area (Å²) >= 11 is 0. The van der Waals surface area contributed by atoms with Gasteiger partial charge in [-0.2, -0.15) is 0 Å². The fourth-order valence-corrected chi connectivity index (χ4v) is 1.80. The second-order valence-electron chi connectivity index (χ2n) is 4.75. The normalized spacial score (nSPS) is 11.8. The van der Waals surface area contributed by atoms with Gasteiger partial charge < -0.3 is 20.1 Å². The number of hydrogen-bond donors (Lipinski definition) is 2. The monoisotopic (exact) mass is 294 g/mol. The SMILES string of the molecule is CCN(CC(C)OC)C(=O)NCc1ccc(C(=O)O)cc1. The van der Waals surface area contributed by atoms with Gasteiger partial charge in [-0.15, -0.1) is 0 Å².